The van der Waals surface area contributed by atoms with Gasteiger partial charge in [0.1, 0.15) is 0 Å². The first-order valence-electron chi connectivity index (χ1n) is 7.14. The quantitative estimate of drug-likeness (QED) is 0.855. The second kappa shape index (κ2) is 6.50. The van der Waals surface area contributed by atoms with Gasteiger partial charge in [-0.1, -0.05) is 19.1 Å². The summed E-state index contributed by atoms with van der Waals surface area (Å²) >= 11 is 0. The van der Waals surface area contributed by atoms with E-state index in [2.05, 4.69) is 9.71 Å². The van der Waals surface area contributed by atoms with Crippen molar-refractivity contribution in [3.8, 4) is 0 Å². The Hall–Kier alpha value is -1.86. The Kier molecular flexibility index (Phi) is 4.87. The lowest BCUT2D eigenvalue weighted by atomic mass is 10.1. The number of aliphatic hydroxyl groups is 1. The van der Waals surface area contributed by atoms with E-state index in [0.29, 0.717) is 11.3 Å². The molecule has 2 aromatic rings. The van der Waals surface area contributed by atoms with Crippen LogP contribution >= 0.6 is 0 Å². The van der Waals surface area contributed by atoms with Crippen LogP contribution in [0.25, 0.3) is 0 Å². The first-order valence-corrected chi connectivity index (χ1v) is 8.62. The second-order valence-corrected chi connectivity index (χ2v) is 6.96. The summed E-state index contributed by atoms with van der Waals surface area (Å²) in [6.45, 7) is 5.69. The molecule has 0 aliphatic rings. The van der Waals surface area contributed by atoms with Gasteiger partial charge in [-0.05, 0) is 37.5 Å². The Morgan fingerprint density at radius 2 is 2.14 bits per heavy atom. The molecule has 1 heterocycles. The van der Waals surface area contributed by atoms with Gasteiger partial charge in [-0.15, -0.1) is 0 Å². The maximum absolute atomic E-state index is 12.4. The first-order chi connectivity index (χ1) is 10.4. The minimum atomic E-state index is -3.75. The molecule has 1 aromatic heterocycles. The predicted molar refractivity (Wildman–Crippen MR) is 85.1 cm³/mol. The molecule has 2 rings (SSSR count). The van der Waals surface area contributed by atoms with Crippen molar-refractivity contribution < 1.29 is 13.5 Å². The van der Waals surface area contributed by atoms with Crippen molar-refractivity contribution in [2.45, 2.75) is 44.9 Å². The summed E-state index contributed by atoms with van der Waals surface area (Å²) in [6.07, 6.45) is 3.95. The highest BCUT2D eigenvalue weighted by Crippen LogP contribution is 2.21. The van der Waals surface area contributed by atoms with Crippen molar-refractivity contribution >= 4 is 15.7 Å². The zero-order valence-electron chi connectivity index (χ0n) is 12.9. The highest BCUT2D eigenvalue weighted by atomic mass is 32.2. The number of sulfonamides is 1. The minimum absolute atomic E-state index is 0.0124. The Labute approximate surface area is 130 Å². The summed E-state index contributed by atoms with van der Waals surface area (Å²) in [7, 11) is -3.75. The van der Waals surface area contributed by atoms with Crippen LogP contribution in [0.2, 0.25) is 0 Å². The van der Waals surface area contributed by atoms with E-state index in [-0.39, 0.29) is 17.7 Å². The fraction of sp³-hybridized carbons (Fsp3) is 0.400. The number of anilines is 1. The third-order valence-electron chi connectivity index (χ3n) is 3.68. The lowest BCUT2D eigenvalue weighted by Gasteiger charge is -2.11. The molecule has 0 radical (unpaired) electrons. The van der Waals surface area contributed by atoms with E-state index >= 15 is 0 Å². The minimum Gasteiger partial charge on any atom is -0.392 e. The molecule has 0 fully saturated rings. The van der Waals surface area contributed by atoms with Crippen molar-refractivity contribution in [1.29, 1.82) is 0 Å². The molecule has 7 heteroatoms. The number of hydrogen-bond donors (Lipinski definition) is 2. The van der Waals surface area contributed by atoms with Gasteiger partial charge >= 0.3 is 0 Å². The summed E-state index contributed by atoms with van der Waals surface area (Å²) in [6, 6.07) is 5.33. The second-order valence-electron chi connectivity index (χ2n) is 5.33. The number of imidazole rings is 1. The molecule has 2 N–H and O–H groups in total. The molecule has 0 saturated carbocycles. The van der Waals surface area contributed by atoms with E-state index in [9.17, 15) is 8.42 Å². The maximum atomic E-state index is 12.4. The number of benzene rings is 1. The van der Waals surface area contributed by atoms with E-state index in [1.54, 1.807) is 29.7 Å². The highest BCUT2D eigenvalue weighted by molar-refractivity contribution is 7.92. The molecule has 0 amide bonds. The van der Waals surface area contributed by atoms with Gasteiger partial charge < -0.3 is 9.67 Å². The number of nitrogens with zero attached hydrogens (tertiary/aromatic N) is 2. The molecule has 22 heavy (non-hydrogen) atoms. The lowest BCUT2D eigenvalue weighted by Crippen LogP contribution is -2.14. The molecule has 120 valence electrons. The van der Waals surface area contributed by atoms with E-state index in [0.717, 1.165) is 12.0 Å². The molecule has 0 unspecified atom stereocenters. The zero-order valence-corrected chi connectivity index (χ0v) is 13.8. The van der Waals surface area contributed by atoms with Gasteiger partial charge in [0.05, 0.1) is 18.6 Å². The van der Waals surface area contributed by atoms with Gasteiger partial charge in [0, 0.05) is 12.2 Å². The van der Waals surface area contributed by atoms with E-state index in [1.165, 1.54) is 12.5 Å². The van der Waals surface area contributed by atoms with E-state index in [1.807, 2.05) is 13.8 Å². The molecule has 0 aliphatic carbocycles. The largest absolute Gasteiger partial charge is 0.392 e. The van der Waals surface area contributed by atoms with Crippen molar-refractivity contribution in [3.63, 3.8) is 0 Å². The Morgan fingerprint density at radius 3 is 2.77 bits per heavy atom. The first kappa shape index (κ1) is 16.5. The normalized spacial score (nSPS) is 13.1. The van der Waals surface area contributed by atoms with Crippen molar-refractivity contribution in [3.05, 3.63) is 41.9 Å². The molecule has 0 saturated heterocycles. The van der Waals surface area contributed by atoms with Gasteiger partial charge in [-0.25, -0.2) is 4.98 Å². The van der Waals surface area contributed by atoms with Crippen LogP contribution in [-0.2, 0) is 16.6 Å². The highest BCUT2D eigenvalue weighted by Gasteiger charge is 2.19. The smallest absolute Gasteiger partial charge is 0.280 e. The molecule has 0 bridgehead atoms. The zero-order chi connectivity index (χ0) is 16.3. The van der Waals surface area contributed by atoms with Gasteiger partial charge in [0.15, 0.2) is 5.03 Å². The van der Waals surface area contributed by atoms with Crippen LogP contribution < -0.4 is 4.72 Å². The number of aryl methyl sites for hydroxylation is 1. The Bertz CT molecular complexity index is 753. The Morgan fingerprint density at radius 1 is 1.41 bits per heavy atom. The fourth-order valence-electron chi connectivity index (χ4n) is 1.98. The summed E-state index contributed by atoms with van der Waals surface area (Å²) < 4.78 is 29.2. The van der Waals surface area contributed by atoms with E-state index in [4.69, 9.17) is 5.11 Å². The number of nitrogens with one attached hydrogen (secondary N) is 1. The Balaban J connectivity index is 2.30. The molecule has 1 atom stereocenters. The van der Waals surface area contributed by atoms with Crippen LogP contribution in [0.3, 0.4) is 0 Å². The lowest BCUT2D eigenvalue weighted by molar-refractivity contribution is 0.282. The number of rotatable bonds is 6. The number of hydrogen-bond acceptors (Lipinski definition) is 4. The van der Waals surface area contributed by atoms with Crippen LogP contribution in [0.5, 0.6) is 0 Å². The molecule has 0 spiro atoms. The molecule has 0 aliphatic heterocycles. The molecule has 6 nitrogen and oxygen atoms in total. The van der Waals surface area contributed by atoms with Crippen molar-refractivity contribution in [2.75, 3.05) is 4.72 Å². The average molecular weight is 323 g/mol. The topological polar surface area (TPSA) is 84.2 Å². The third kappa shape index (κ3) is 3.48. The van der Waals surface area contributed by atoms with Crippen LogP contribution in [0.15, 0.2) is 35.7 Å². The van der Waals surface area contributed by atoms with Gasteiger partial charge in [-0.3, -0.25) is 4.72 Å². The predicted octanol–water partition coefficient (Wildman–Crippen LogP) is 2.46. The van der Waals surface area contributed by atoms with Crippen molar-refractivity contribution in [1.82, 2.24) is 9.55 Å². The summed E-state index contributed by atoms with van der Waals surface area (Å²) in [4.78, 5) is 3.99. The van der Waals surface area contributed by atoms with Gasteiger partial charge in [0.2, 0.25) is 0 Å². The SMILES string of the molecule is CC[C@H](C)n1cnc(S(=O)(=O)Nc2cc(CO)ccc2C)c1. The molecular formula is C15H21N3O3S. The van der Waals surface area contributed by atoms with Crippen LogP contribution in [-0.4, -0.2) is 23.1 Å². The van der Waals surface area contributed by atoms with Crippen LogP contribution in [0, 0.1) is 6.92 Å². The summed E-state index contributed by atoms with van der Waals surface area (Å²) in [5, 5.41) is 9.15. The molecule has 1 aromatic carbocycles. The number of aliphatic hydroxyl groups excluding tert-OH is 1. The summed E-state index contributed by atoms with van der Waals surface area (Å²) in [5.74, 6) is 0. The monoisotopic (exact) mass is 323 g/mol. The maximum Gasteiger partial charge on any atom is 0.280 e. The van der Waals surface area contributed by atoms with Crippen LogP contribution in [0.4, 0.5) is 5.69 Å². The summed E-state index contributed by atoms with van der Waals surface area (Å²) in [5.41, 5.74) is 1.88. The van der Waals surface area contributed by atoms with Gasteiger partial charge in [-0.2, -0.15) is 8.42 Å². The van der Waals surface area contributed by atoms with Crippen molar-refractivity contribution in [2.24, 2.45) is 0 Å². The fourth-order valence-corrected chi connectivity index (χ4v) is 3.04. The third-order valence-corrected chi connectivity index (χ3v) is 4.93. The van der Waals surface area contributed by atoms with Gasteiger partial charge in [0.25, 0.3) is 10.0 Å². The van der Waals surface area contributed by atoms with E-state index < -0.39 is 10.0 Å². The average Bonchev–Trinajstić information content (AvgIpc) is 2.99. The standard InChI is InChI=1S/C15H21N3O3S/c1-4-12(3)18-8-15(16-10-18)22(20,21)17-14-7-13(9-19)6-5-11(14)2/h5-8,10,12,17,19H,4,9H2,1-3H3/t12-/m0/s1. The molecular weight excluding hydrogens is 302 g/mol. The number of aromatic nitrogens is 2. The van der Waals surface area contributed by atoms with Crippen LogP contribution in [0.1, 0.15) is 37.4 Å².